The van der Waals surface area contributed by atoms with Crippen LogP contribution in [0.15, 0.2) is 48.7 Å². The van der Waals surface area contributed by atoms with Crippen molar-refractivity contribution >= 4 is 40.7 Å². The Morgan fingerprint density at radius 2 is 1.74 bits per heavy atom. The van der Waals surface area contributed by atoms with Crippen LogP contribution in [-0.2, 0) is 11.0 Å². The van der Waals surface area contributed by atoms with Gasteiger partial charge in [0.2, 0.25) is 5.91 Å². The number of carbonyl (C=O) groups excluding carboxylic acids is 2. The van der Waals surface area contributed by atoms with Gasteiger partial charge < -0.3 is 10.2 Å². The number of para-hydroxylation sites is 2. The van der Waals surface area contributed by atoms with E-state index in [2.05, 4.69) is 15.6 Å². The monoisotopic (exact) mass is 471 g/mol. The van der Waals surface area contributed by atoms with Gasteiger partial charge >= 0.3 is 6.18 Å². The summed E-state index contributed by atoms with van der Waals surface area (Å²) in [7, 11) is 1.33. The zero-order chi connectivity index (χ0) is 22.8. The Morgan fingerprint density at radius 3 is 2.39 bits per heavy atom. The Labute approximate surface area is 184 Å². The molecule has 2 aromatic carbocycles. The Bertz CT molecular complexity index is 1110. The molecule has 0 aliphatic carbocycles. The molecule has 0 radical (unpaired) electrons. The van der Waals surface area contributed by atoms with Crippen molar-refractivity contribution in [2.45, 2.75) is 6.18 Å². The van der Waals surface area contributed by atoms with Crippen molar-refractivity contribution in [2.75, 3.05) is 18.9 Å². The van der Waals surface area contributed by atoms with Crippen LogP contribution in [0, 0.1) is 0 Å². The third kappa shape index (κ3) is 5.15. The molecule has 0 unspecified atom stereocenters. The molecular weight excluding hydrogens is 458 g/mol. The molecule has 2 amide bonds. The molecule has 0 aliphatic heterocycles. The Balaban J connectivity index is 1.73. The van der Waals surface area contributed by atoms with E-state index in [-0.39, 0.29) is 33.7 Å². The van der Waals surface area contributed by atoms with Gasteiger partial charge in [0.15, 0.2) is 5.69 Å². The maximum Gasteiger partial charge on any atom is 0.418 e. The first-order valence-corrected chi connectivity index (χ1v) is 9.42. The number of likely N-dealkylation sites (N-methyl/N-ethyl adjacent to an activating group) is 1. The van der Waals surface area contributed by atoms with Gasteiger partial charge in [-0.25, -0.2) is 4.68 Å². The van der Waals surface area contributed by atoms with Gasteiger partial charge in [0, 0.05) is 7.05 Å². The van der Waals surface area contributed by atoms with E-state index in [1.807, 2.05) is 0 Å². The molecule has 0 saturated heterocycles. The van der Waals surface area contributed by atoms with E-state index >= 15 is 0 Å². The standard InChI is InChI=1S/C19H14Cl2F3N5O2/c1-28(10-16(30)25-17-12(20)6-4-7-13(17)21)18(31)14-9-29(27-26-14)15-8-3-2-5-11(15)19(22,23)24/h2-9H,10H2,1H3,(H,25,30). The zero-order valence-corrected chi connectivity index (χ0v) is 17.3. The molecule has 1 heterocycles. The third-order valence-electron chi connectivity index (χ3n) is 4.12. The highest BCUT2D eigenvalue weighted by atomic mass is 35.5. The van der Waals surface area contributed by atoms with Crippen LogP contribution >= 0.6 is 23.2 Å². The maximum absolute atomic E-state index is 13.2. The maximum atomic E-state index is 13.2. The Hall–Kier alpha value is -3.11. The molecular formula is C19H14Cl2F3N5O2. The molecule has 0 fully saturated rings. The minimum absolute atomic E-state index is 0.200. The summed E-state index contributed by atoms with van der Waals surface area (Å²) >= 11 is 12.0. The predicted octanol–water partition coefficient (Wildman–Crippen LogP) is 4.30. The van der Waals surface area contributed by atoms with E-state index in [4.69, 9.17) is 23.2 Å². The second-order valence-electron chi connectivity index (χ2n) is 6.37. The van der Waals surface area contributed by atoms with Crippen LogP contribution in [0.4, 0.5) is 18.9 Å². The highest BCUT2D eigenvalue weighted by Gasteiger charge is 2.34. The summed E-state index contributed by atoms with van der Waals surface area (Å²) in [6.07, 6.45) is -3.55. The average molecular weight is 472 g/mol. The van der Waals surface area contributed by atoms with Gasteiger partial charge in [0.05, 0.1) is 39.7 Å². The number of nitrogens with zero attached hydrogens (tertiary/aromatic N) is 4. The van der Waals surface area contributed by atoms with Crippen LogP contribution in [-0.4, -0.2) is 45.3 Å². The first-order chi connectivity index (χ1) is 14.6. The number of halogens is 5. The van der Waals surface area contributed by atoms with E-state index in [0.717, 1.165) is 21.8 Å². The molecule has 7 nitrogen and oxygen atoms in total. The molecule has 0 saturated carbocycles. The van der Waals surface area contributed by atoms with Crippen LogP contribution in [0.1, 0.15) is 16.1 Å². The van der Waals surface area contributed by atoms with Gasteiger partial charge in [-0.2, -0.15) is 13.2 Å². The fraction of sp³-hybridized carbons (Fsp3) is 0.158. The summed E-state index contributed by atoms with van der Waals surface area (Å²) in [5.74, 6) is -1.29. The molecule has 3 rings (SSSR count). The van der Waals surface area contributed by atoms with Crippen LogP contribution in [0.2, 0.25) is 10.0 Å². The van der Waals surface area contributed by atoms with E-state index < -0.39 is 23.6 Å². The highest BCUT2D eigenvalue weighted by molar-refractivity contribution is 6.39. The number of carbonyl (C=O) groups is 2. The van der Waals surface area contributed by atoms with Crippen LogP contribution in [0.5, 0.6) is 0 Å². The Kier molecular flexibility index (Phi) is 6.51. The average Bonchev–Trinajstić information content (AvgIpc) is 3.19. The summed E-state index contributed by atoms with van der Waals surface area (Å²) in [4.78, 5) is 25.8. The van der Waals surface area contributed by atoms with Crippen molar-refractivity contribution in [3.05, 3.63) is 70.0 Å². The largest absolute Gasteiger partial charge is 0.418 e. The van der Waals surface area contributed by atoms with Crippen LogP contribution in [0.3, 0.4) is 0 Å². The number of alkyl halides is 3. The van der Waals surface area contributed by atoms with Crippen molar-refractivity contribution in [1.82, 2.24) is 19.9 Å². The van der Waals surface area contributed by atoms with Crippen molar-refractivity contribution < 1.29 is 22.8 Å². The Morgan fingerprint density at radius 1 is 1.10 bits per heavy atom. The molecule has 3 aromatic rings. The number of nitrogens with one attached hydrogen (secondary N) is 1. The quantitative estimate of drug-likeness (QED) is 0.601. The summed E-state index contributed by atoms with van der Waals surface area (Å²) in [5.41, 5.74) is -1.24. The number of benzene rings is 2. The van der Waals surface area contributed by atoms with Gasteiger partial charge in [0.1, 0.15) is 0 Å². The SMILES string of the molecule is CN(CC(=O)Nc1c(Cl)cccc1Cl)C(=O)c1cn(-c2ccccc2C(F)(F)F)nn1. The molecule has 162 valence electrons. The van der Waals surface area contributed by atoms with Crippen LogP contribution < -0.4 is 5.32 Å². The molecule has 0 bridgehead atoms. The van der Waals surface area contributed by atoms with Gasteiger partial charge in [0.25, 0.3) is 5.91 Å². The first kappa shape index (κ1) is 22.6. The van der Waals surface area contributed by atoms with Gasteiger partial charge in [-0.3, -0.25) is 9.59 Å². The van der Waals surface area contributed by atoms with Gasteiger partial charge in [-0.15, -0.1) is 5.10 Å². The lowest BCUT2D eigenvalue weighted by molar-refractivity contribution is -0.137. The fourth-order valence-corrected chi connectivity index (χ4v) is 3.16. The number of hydrogen-bond acceptors (Lipinski definition) is 4. The normalized spacial score (nSPS) is 11.3. The lowest BCUT2D eigenvalue weighted by atomic mass is 10.1. The summed E-state index contributed by atoms with van der Waals surface area (Å²) in [6.45, 7) is -0.383. The zero-order valence-electron chi connectivity index (χ0n) is 15.8. The van der Waals surface area contributed by atoms with Gasteiger partial charge in [-0.05, 0) is 24.3 Å². The van der Waals surface area contributed by atoms with E-state index in [1.165, 1.54) is 37.4 Å². The van der Waals surface area contributed by atoms with Crippen LogP contribution in [0.25, 0.3) is 5.69 Å². The molecule has 1 N–H and O–H groups in total. The topological polar surface area (TPSA) is 80.1 Å². The van der Waals surface area contributed by atoms with Crippen molar-refractivity contribution in [3.63, 3.8) is 0 Å². The highest BCUT2D eigenvalue weighted by Crippen LogP contribution is 2.33. The third-order valence-corrected chi connectivity index (χ3v) is 4.75. The molecule has 0 aliphatic rings. The smallest absolute Gasteiger partial charge is 0.331 e. The second-order valence-corrected chi connectivity index (χ2v) is 7.18. The van der Waals surface area contributed by atoms with E-state index in [1.54, 1.807) is 6.07 Å². The summed E-state index contributed by atoms with van der Waals surface area (Å²) in [6, 6.07) is 9.43. The summed E-state index contributed by atoms with van der Waals surface area (Å²) < 4.78 is 40.5. The first-order valence-electron chi connectivity index (χ1n) is 8.66. The fourth-order valence-electron chi connectivity index (χ4n) is 2.67. The lowest BCUT2D eigenvalue weighted by Gasteiger charge is -2.16. The van der Waals surface area contributed by atoms with E-state index in [0.29, 0.717) is 0 Å². The van der Waals surface area contributed by atoms with E-state index in [9.17, 15) is 22.8 Å². The number of anilines is 1. The molecule has 0 atom stereocenters. The second kappa shape index (κ2) is 8.94. The van der Waals surface area contributed by atoms with Crippen molar-refractivity contribution in [1.29, 1.82) is 0 Å². The summed E-state index contributed by atoms with van der Waals surface area (Å²) in [5, 5.41) is 10.2. The van der Waals surface area contributed by atoms with Crippen molar-refractivity contribution in [2.24, 2.45) is 0 Å². The lowest BCUT2D eigenvalue weighted by Crippen LogP contribution is -2.35. The minimum atomic E-state index is -4.61. The van der Waals surface area contributed by atoms with Crippen molar-refractivity contribution in [3.8, 4) is 5.69 Å². The molecule has 31 heavy (non-hydrogen) atoms. The minimum Gasteiger partial charge on any atom is -0.331 e. The number of hydrogen-bond donors (Lipinski definition) is 1. The van der Waals surface area contributed by atoms with Gasteiger partial charge in [-0.1, -0.05) is 46.6 Å². The number of aromatic nitrogens is 3. The molecule has 1 aromatic heterocycles. The predicted molar refractivity (Wildman–Crippen MR) is 108 cm³/mol. The molecule has 12 heteroatoms. The number of rotatable bonds is 5. The number of amides is 2. The molecule has 0 spiro atoms.